The van der Waals surface area contributed by atoms with E-state index in [0.29, 0.717) is 35.0 Å². The van der Waals surface area contributed by atoms with Gasteiger partial charge in [0.05, 0.1) is 11.1 Å². The topological polar surface area (TPSA) is 51.1 Å². The molecule has 4 rings (SSSR count). The molecule has 1 heterocycles. The normalized spacial score (nSPS) is 13.7. The van der Waals surface area contributed by atoms with Crippen molar-refractivity contribution in [2.45, 2.75) is 38.8 Å². The molecule has 27 heavy (non-hydrogen) atoms. The van der Waals surface area contributed by atoms with Crippen LogP contribution in [0.3, 0.4) is 0 Å². The van der Waals surface area contributed by atoms with Crippen LogP contribution in [0.15, 0.2) is 48.7 Å². The summed E-state index contributed by atoms with van der Waals surface area (Å²) in [5.74, 6) is -0.514. The van der Waals surface area contributed by atoms with E-state index in [9.17, 15) is 14.0 Å². The van der Waals surface area contributed by atoms with Gasteiger partial charge in [-0.25, -0.2) is 4.39 Å². The van der Waals surface area contributed by atoms with Gasteiger partial charge < -0.3 is 9.88 Å². The molecule has 4 nitrogen and oxygen atoms in total. The highest BCUT2D eigenvalue weighted by Crippen LogP contribution is 2.27. The Balaban J connectivity index is 1.68. The first kappa shape index (κ1) is 17.5. The second-order valence-corrected chi connectivity index (χ2v) is 7.03. The minimum absolute atomic E-state index is 0.106. The summed E-state index contributed by atoms with van der Waals surface area (Å²) in [6.07, 6.45) is 4.16. The quantitative estimate of drug-likeness (QED) is 0.663. The molecule has 0 radical (unpaired) electrons. The number of nitrogens with one attached hydrogen (secondary N) is 1. The number of aromatic nitrogens is 1. The van der Waals surface area contributed by atoms with Gasteiger partial charge in [-0.2, -0.15) is 0 Å². The molecule has 0 unspecified atom stereocenters. The van der Waals surface area contributed by atoms with E-state index in [-0.39, 0.29) is 17.7 Å². The van der Waals surface area contributed by atoms with E-state index in [4.69, 9.17) is 0 Å². The van der Waals surface area contributed by atoms with E-state index in [1.807, 2.05) is 41.8 Å². The first-order valence-electron chi connectivity index (χ1n) is 9.27. The molecule has 1 amide bonds. The maximum absolute atomic E-state index is 14.5. The number of Topliss-reactive ketones (excluding diaryl/α,β-unsaturated/α-hetero) is 1. The molecular weight excluding hydrogens is 343 g/mol. The zero-order valence-electron chi connectivity index (χ0n) is 15.2. The Labute approximate surface area is 157 Å². The highest BCUT2D eigenvalue weighted by molar-refractivity contribution is 6.07. The van der Waals surface area contributed by atoms with Crippen molar-refractivity contribution in [3.8, 4) is 0 Å². The van der Waals surface area contributed by atoms with Crippen LogP contribution in [0, 0.1) is 5.82 Å². The molecule has 1 fully saturated rings. The number of halogens is 1. The number of carbonyl (C=O) groups is 2. The van der Waals surface area contributed by atoms with Gasteiger partial charge in [-0.3, -0.25) is 9.59 Å². The summed E-state index contributed by atoms with van der Waals surface area (Å²) in [6.45, 7) is 2.34. The molecule has 1 aromatic heterocycles. The minimum Gasteiger partial charge on any atom is -0.349 e. The molecule has 0 saturated heterocycles. The largest absolute Gasteiger partial charge is 0.349 e. The minimum atomic E-state index is -0.393. The molecule has 3 aromatic rings. The highest BCUT2D eigenvalue weighted by Gasteiger charge is 2.26. The Hall–Kier alpha value is -2.95. The van der Waals surface area contributed by atoms with Gasteiger partial charge in [-0.15, -0.1) is 0 Å². The Morgan fingerprint density at radius 2 is 1.89 bits per heavy atom. The van der Waals surface area contributed by atoms with Crippen LogP contribution in [0.4, 0.5) is 4.39 Å². The Bertz CT molecular complexity index is 1020. The van der Waals surface area contributed by atoms with E-state index in [2.05, 4.69) is 5.32 Å². The third-order valence-electron chi connectivity index (χ3n) is 4.96. The Kier molecular flexibility index (Phi) is 4.52. The van der Waals surface area contributed by atoms with E-state index in [0.717, 1.165) is 18.4 Å². The zero-order valence-corrected chi connectivity index (χ0v) is 15.2. The molecule has 0 bridgehead atoms. The lowest BCUT2D eigenvalue weighted by Crippen LogP contribution is -2.25. The standard InChI is InChI=1S/C22H21FN2O2/c1-2-20(26)15-8-6-14(7-9-15)12-25-13-17(22(27)24-16-10-11-16)21-18(23)4-3-5-19(21)25/h3-9,13,16H,2,10-12H2,1H3,(H,24,27). The number of fused-ring (bicyclic) bond motifs is 1. The number of ketones is 1. The number of benzene rings is 2. The second-order valence-electron chi connectivity index (χ2n) is 7.03. The van der Waals surface area contributed by atoms with Gasteiger partial charge in [0, 0.05) is 36.2 Å². The maximum Gasteiger partial charge on any atom is 0.253 e. The molecular formula is C22H21FN2O2. The predicted octanol–water partition coefficient (Wildman–Crippen LogP) is 4.31. The van der Waals surface area contributed by atoms with Gasteiger partial charge >= 0.3 is 0 Å². The van der Waals surface area contributed by atoms with Crippen molar-refractivity contribution in [1.82, 2.24) is 9.88 Å². The van der Waals surface area contributed by atoms with Crippen LogP contribution in [-0.4, -0.2) is 22.3 Å². The van der Waals surface area contributed by atoms with Crippen molar-refractivity contribution in [1.29, 1.82) is 0 Å². The molecule has 1 aliphatic carbocycles. The van der Waals surface area contributed by atoms with E-state index >= 15 is 0 Å². The van der Waals surface area contributed by atoms with E-state index < -0.39 is 5.82 Å². The van der Waals surface area contributed by atoms with Gasteiger partial charge in [-0.05, 0) is 30.5 Å². The van der Waals surface area contributed by atoms with E-state index in [1.165, 1.54) is 6.07 Å². The van der Waals surface area contributed by atoms with Crippen molar-refractivity contribution >= 4 is 22.6 Å². The first-order valence-corrected chi connectivity index (χ1v) is 9.27. The van der Waals surface area contributed by atoms with Crippen LogP contribution >= 0.6 is 0 Å². The molecule has 1 aliphatic rings. The van der Waals surface area contributed by atoms with Crippen LogP contribution in [0.2, 0.25) is 0 Å². The van der Waals surface area contributed by atoms with Gasteiger partial charge in [0.15, 0.2) is 5.78 Å². The molecule has 0 spiro atoms. The van der Waals surface area contributed by atoms with Gasteiger partial charge in [0.2, 0.25) is 0 Å². The maximum atomic E-state index is 14.5. The van der Waals surface area contributed by atoms with E-state index in [1.54, 1.807) is 12.3 Å². The number of rotatable bonds is 6. The van der Waals surface area contributed by atoms with Gasteiger partial charge in [-0.1, -0.05) is 37.3 Å². The fourth-order valence-corrected chi connectivity index (χ4v) is 3.30. The third-order valence-corrected chi connectivity index (χ3v) is 4.96. The SMILES string of the molecule is CCC(=O)c1ccc(Cn2cc(C(=O)NC3CC3)c3c(F)cccc32)cc1. The average Bonchev–Trinajstić information content (AvgIpc) is 3.41. The molecule has 5 heteroatoms. The van der Waals surface area contributed by atoms with Crippen LogP contribution < -0.4 is 5.32 Å². The number of amides is 1. The van der Waals surface area contributed by atoms with Crippen LogP contribution in [0.5, 0.6) is 0 Å². The Morgan fingerprint density at radius 3 is 2.56 bits per heavy atom. The highest BCUT2D eigenvalue weighted by atomic mass is 19.1. The molecule has 138 valence electrons. The molecule has 2 aromatic carbocycles. The van der Waals surface area contributed by atoms with Crippen molar-refractivity contribution in [2.24, 2.45) is 0 Å². The van der Waals surface area contributed by atoms with Crippen molar-refractivity contribution in [3.05, 3.63) is 71.2 Å². The first-order chi connectivity index (χ1) is 13.1. The summed E-state index contributed by atoms with van der Waals surface area (Å²) in [5, 5.41) is 3.29. The fourth-order valence-electron chi connectivity index (χ4n) is 3.30. The lowest BCUT2D eigenvalue weighted by molar-refractivity contribution is 0.0950. The van der Waals surface area contributed by atoms with Crippen molar-refractivity contribution in [3.63, 3.8) is 0 Å². The van der Waals surface area contributed by atoms with Crippen LogP contribution in [0.25, 0.3) is 10.9 Å². The third kappa shape index (κ3) is 3.50. The van der Waals surface area contributed by atoms with Crippen molar-refractivity contribution < 1.29 is 14.0 Å². The summed E-state index contributed by atoms with van der Waals surface area (Å²) in [4.78, 5) is 24.3. The molecule has 1 saturated carbocycles. The Morgan fingerprint density at radius 1 is 1.15 bits per heavy atom. The number of carbonyl (C=O) groups excluding carboxylic acids is 2. The van der Waals surface area contributed by atoms with Crippen LogP contribution in [-0.2, 0) is 6.54 Å². The summed E-state index contributed by atoms with van der Waals surface area (Å²) in [5.41, 5.74) is 2.73. The van der Waals surface area contributed by atoms with Crippen molar-refractivity contribution in [2.75, 3.05) is 0 Å². The average molecular weight is 364 g/mol. The smallest absolute Gasteiger partial charge is 0.253 e. The number of nitrogens with zero attached hydrogens (tertiary/aromatic N) is 1. The lowest BCUT2D eigenvalue weighted by Gasteiger charge is -2.07. The zero-order chi connectivity index (χ0) is 19.0. The summed E-state index contributed by atoms with van der Waals surface area (Å²) >= 11 is 0. The molecule has 0 atom stereocenters. The molecule has 0 aliphatic heterocycles. The number of hydrogen-bond acceptors (Lipinski definition) is 2. The van der Waals surface area contributed by atoms with Crippen LogP contribution in [0.1, 0.15) is 52.5 Å². The lowest BCUT2D eigenvalue weighted by atomic mass is 10.1. The molecule has 1 N–H and O–H groups in total. The summed E-state index contributed by atoms with van der Waals surface area (Å²) in [6, 6.07) is 12.5. The monoisotopic (exact) mass is 364 g/mol. The van der Waals surface area contributed by atoms with Gasteiger partial charge in [0.25, 0.3) is 5.91 Å². The second kappa shape index (κ2) is 6.99. The summed E-state index contributed by atoms with van der Waals surface area (Å²) in [7, 11) is 0. The summed E-state index contributed by atoms with van der Waals surface area (Å²) < 4.78 is 16.3. The predicted molar refractivity (Wildman–Crippen MR) is 103 cm³/mol. The number of hydrogen-bond donors (Lipinski definition) is 1. The van der Waals surface area contributed by atoms with Gasteiger partial charge in [0.1, 0.15) is 5.82 Å². The fraction of sp³-hybridized carbons (Fsp3) is 0.273.